The molecule has 0 aromatic carbocycles. The van der Waals surface area contributed by atoms with Crippen LogP contribution in [0.5, 0.6) is 0 Å². The van der Waals surface area contributed by atoms with E-state index in [1.54, 1.807) is 0 Å². The van der Waals surface area contributed by atoms with Crippen molar-refractivity contribution in [3.63, 3.8) is 0 Å². The van der Waals surface area contributed by atoms with Gasteiger partial charge >= 0.3 is 0 Å². The zero-order chi connectivity index (χ0) is 8.43. The SMILES string of the molecule is [B]CC1C(O)CC([N+]#[C-])C1C. The van der Waals surface area contributed by atoms with Crippen LogP contribution in [-0.4, -0.2) is 25.1 Å². The number of hydrogen-bond donors (Lipinski definition) is 1. The summed E-state index contributed by atoms with van der Waals surface area (Å²) in [6.07, 6.45) is 0.745. The molecule has 11 heavy (non-hydrogen) atoms. The first-order chi connectivity index (χ1) is 5.20. The average molecular weight is 149 g/mol. The Hall–Kier alpha value is -0.485. The monoisotopic (exact) mass is 149 g/mol. The molecule has 58 valence electrons. The van der Waals surface area contributed by atoms with Crippen molar-refractivity contribution in [3.05, 3.63) is 11.4 Å². The van der Waals surface area contributed by atoms with Gasteiger partial charge in [0, 0.05) is 12.3 Å². The lowest BCUT2D eigenvalue weighted by atomic mass is 9.83. The Balaban J connectivity index is 2.64. The Morgan fingerprint density at radius 3 is 2.64 bits per heavy atom. The van der Waals surface area contributed by atoms with Crippen molar-refractivity contribution >= 4 is 7.85 Å². The highest BCUT2D eigenvalue weighted by molar-refractivity contribution is 6.08. The number of hydrogen-bond acceptors (Lipinski definition) is 1. The third-order valence-corrected chi connectivity index (χ3v) is 2.70. The van der Waals surface area contributed by atoms with E-state index in [9.17, 15) is 5.11 Å². The van der Waals surface area contributed by atoms with Crippen LogP contribution in [0, 0.1) is 18.4 Å². The van der Waals surface area contributed by atoms with Crippen LogP contribution in [0.3, 0.4) is 0 Å². The fourth-order valence-electron chi connectivity index (χ4n) is 1.81. The second-order valence-electron chi connectivity index (χ2n) is 3.26. The Labute approximate surface area is 68.8 Å². The normalized spacial score (nSPS) is 43.7. The molecule has 0 spiro atoms. The van der Waals surface area contributed by atoms with Crippen molar-refractivity contribution in [2.45, 2.75) is 31.8 Å². The molecule has 0 saturated heterocycles. The molecule has 2 radical (unpaired) electrons. The van der Waals surface area contributed by atoms with Gasteiger partial charge in [-0.3, -0.25) is 0 Å². The van der Waals surface area contributed by atoms with E-state index >= 15 is 0 Å². The summed E-state index contributed by atoms with van der Waals surface area (Å²) in [5, 5.41) is 9.44. The molecular weight excluding hydrogens is 137 g/mol. The number of aliphatic hydroxyl groups is 1. The van der Waals surface area contributed by atoms with E-state index in [1.807, 2.05) is 6.92 Å². The molecule has 1 saturated carbocycles. The van der Waals surface area contributed by atoms with E-state index in [0.29, 0.717) is 12.7 Å². The van der Waals surface area contributed by atoms with E-state index in [2.05, 4.69) is 4.85 Å². The lowest BCUT2D eigenvalue weighted by Gasteiger charge is -2.14. The van der Waals surface area contributed by atoms with Crippen molar-refractivity contribution < 1.29 is 5.11 Å². The fraction of sp³-hybridized carbons (Fsp3) is 0.875. The molecule has 4 atom stereocenters. The molecule has 4 unspecified atom stereocenters. The van der Waals surface area contributed by atoms with Gasteiger partial charge in [0.15, 0.2) is 0 Å². The standard InChI is InChI=1S/C8H12BNO/c1-5-6(4-9)8(11)3-7(5)10-2/h5-8,11H,3-4H2,1H3. The van der Waals surface area contributed by atoms with Crippen LogP contribution < -0.4 is 0 Å². The molecule has 2 nitrogen and oxygen atoms in total. The Kier molecular flexibility index (Phi) is 2.56. The second kappa shape index (κ2) is 3.27. The summed E-state index contributed by atoms with van der Waals surface area (Å²) in [5.74, 6) is 0.390. The minimum absolute atomic E-state index is 0.0152. The molecule has 1 aliphatic carbocycles. The van der Waals surface area contributed by atoms with Crippen LogP contribution in [0.4, 0.5) is 0 Å². The topological polar surface area (TPSA) is 24.6 Å². The number of nitrogens with zero attached hydrogens (tertiary/aromatic N) is 1. The van der Waals surface area contributed by atoms with Crippen LogP contribution in [-0.2, 0) is 0 Å². The van der Waals surface area contributed by atoms with Crippen molar-refractivity contribution in [1.29, 1.82) is 0 Å². The minimum atomic E-state index is -0.353. The average Bonchev–Trinajstić information content (AvgIpc) is 2.26. The second-order valence-corrected chi connectivity index (χ2v) is 3.26. The molecule has 1 rings (SSSR count). The highest BCUT2D eigenvalue weighted by atomic mass is 16.3. The van der Waals surface area contributed by atoms with E-state index in [-0.39, 0.29) is 24.0 Å². The molecule has 0 aliphatic heterocycles. The van der Waals surface area contributed by atoms with Crippen LogP contribution in [0.2, 0.25) is 6.32 Å². The number of rotatable bonds is 1. The summed E-state index contributed by atoms with van der Waals surface area (Å²) in [5.41, 5.74) is 0. The van der Waals surface area contributed by atoms with Gasteiger partial charge in [0.25, 0.3) is 0 Å². The first-order valence-corrected chi connectivity index (χ1v) is 3.95. The maximum atomic E-state index is 9.44. The third-order valence-electron chi connectivity index (χ3n) is 2.70. The van der Waals surface area contributed by atoms with Crippen LogP contribution in [0.1, 0.15) is 13.3 Å². The predicted molar refractivity (Wildman–Crippen MR) is 44.2 cm³/mol. The van der Waals surface area contributed by atoms with E-state index in [1.165, 1.54) is 0 Å². The molecule has 1 aliphatic rings. The minimum Gasteiger partial charge on any atom is -0.393 e. The van der Waals surface area contributed by atoms with Crippen molar-refractivity contribution in [1.82, 2.24) is 0 Å². The van der Waals surface area contributed by atoms with E-state index < -0.39 is 0 Å². The largest absolute Gasteiger partial charge is 0.393 e. The lowest BCUT2D eigenvalue weighted by molar-refractivity contribution is 0.130. The highest BCUT2D eigenvalue weighted by Crippen LogP contribution is 2.35. The Morgan fingerprint density at radius 2 is 2.36 bits per heavy atom. The van der Waals surface area contributed by atoms with Gasteiger partial charge in [-0.15, -0.1) is 0 Å². The molecule has 1 fully saturated rings. The van der Waals surface area contributed by atoms with Gasteiger partial charge in [-0.05, 0) is 5.92 Å². The fourth-order valence-corrected chi connectivity index (χ4v) is 1.81. The molecule has 0 aromatic heterocycles. The van der Waals surface area contributed by atoms with Gasteiger partial charge in [-0.1, -0.05) is 13.2 Å². The summed E-state index contributed by atoms with van der Waals surface area (Å²) >= 11 is 0. The molecule has 0 amide bonds. The van der Waals surface area contributed by atoms with Crippen molar-refractivity contribution in [3.8, 4) is 0 Å². The Bertz CT molecular complexity index is 177. The summed E-state index contributed by atoms with van der Waals surface area (Å²) in [6.45, 7) is 8.85. The Morgan fingerprint density at radius 1 is 1.73 bits per heavy atom. The molecule has 3 heteroatoms. The zero-order valence-corrected chi connectivity index (χ0v) is 6.70. The quantitative estimate of drug-likeness (QED) is 0.434. The maximum absolute atomic E-state index is 9.44. The molecular formula is C8H12BNO. The summed E-state index contributed by atoms with van der Waals surface area (Å²) < 4.78 is 0. The van der Waals surface area contributed by atoms with E-state index in [4.69, 9.17) is 14.4 Å². The van der Waals surface area contributed by atoms with Gasteiger partial charge in [-0.25, -0.2) is 6.57 Å². The summed E-state index contributed by atoms with van der Waals surface area (Å²) in [7, 11) is 5.47. The van der Waals surface area contributed by atoms with Gasteiger partial charge in [0.1, 0.15) is 0 Å². The van der Waals surface area contributed by atoms with Gasteiger partial charge in [0.2, 0.25) is 6.04 Å². The molecule has 0 aromatic rings. The third kappa shape index (κ3) is 1.41. The predicted octanol–water partition coefficient (Wildman–Crippen LogP) is 0.878. The highest BCUT2D eigenvalue weighted by Gasteiger charge is 2.42. The van der Waals surface area contributed by atoms with Crippen LogP contribution >= 0.6 is 0 Å². The van der Waals surface area contributed by atoms with Crippen molar-refractivity contribution in [2.24, 2.45) is 11.8 Å². The summed E-state index contributed by atoms with van der Waals surface area (Å²) in [4.78, 5) is 3.45. The first-order valence-electron chi connectivity index (χ1n) is 3.95. The summed E-state index contributed by atoms with van der Waals surface area (Å²) in [6, 6.07) is -0.0152. The smallest absolute Gasteiger partial charge is 0.229 e. The zero-order valence-electron chi connectivity index (χ0n) is 6.70. The molecule has 1 N–H and O–H groups in total. The number of aliphatic hydroxyl groups excluding tert-OH is 1. The van der Waals surface area contributed by atoms with Crippen LogP contribution in [0.15, 0.2) is 0 Å². The van der Waals surface area contributed by atoms with E-state index in [0.717, 1.165) is 0 Å². The van der Waals surface area contributed by atoms with Crippen LogP contribution in [0.25, 0.3) is 4.85 Å². The molecule has 0 heterocycles. The van der Waals surface area contributed by atoms with Gasteiger partial charge < -0.3 is 9.95 Å². The molecule has 0 bridgehead atoms. The van der Waals surface area contributed by atoms with Gasteiger partial charge in [-0.2, -0.15) is 0 Å². The van der Waals surface area contributed by atoms with Gasteiger partial charge in [0.05, 0.1) is 14.0 Å². The van der Waals surface area contributed by atoms with Crippen molar-refractivity contribution in [2.75, 3.05) is 0 Å². The first kappa shape index (κ1) is 8.61. The maximum Gasteiger partial charge on any atom is 0.229 e. The lowest BCUT2D eigenvalue weighted by Crippen LogP contribution is -2.17.